The van der Waals surface area contributed by atoms with E-state index in [-0.39, 0.29) is 11.8 Å². The van der Waals surface area contributed by atoms with Crippen molar-refractivity contribution in [1.29, 1.82) is 0 Å². The highest BCUT2D eigenvalue weighted by atomic mass is 16.3. The average molecular weight is 402 g/mol. The molecule has 1 aliphatic rings. The van der Waals surface area contributed by atoms with Gasteiger partial charge in [0.2, 0.25) is 0 Å². The number of nitrogens with zero attached hydrogens (tertiary/aromatic N) is 2. The number of nitrogens with one attached hydrogen (secondary N) is 2. The number of fused-ring (bicyclic) bond motifs is 1. The van der Waals surface area contributed by atoms with Gasteiger partial charge in [0.15, 0.2) is 5.82 Å². The van der Waals surface area contributed by atoms with Gasteiger partial charge in [0, 0.05) is 23.5 Å². The highest BCUT2D eigenvalue weighted by Crippen LogP contribution is 2.31. The predicted octanol–water partition coefficient (Wildman–Crippen LogP) is 3.21. The van der Waals surface area contributed by atoms with Crippen molar-refractivity contribution >= 4 is 16.7 Å². The van der Waals surface area contributed by atoms with E-state index >= 15 is 0 Å². The Morgan fingerprint density at radius 2 is 2.00 bits per heavy atom. The summed E-state index contributed by atoms with van der Waals surface area (Å²) < 4.78 is 0. The molecule has 2 aromatic carbocycles. The lowest BCUT2D eigenvalue weighted by Gasteiger charge is -2.16. The fraction of sp³-hybridized carbons (Fsp3) is 0.333. The first-order valence-corrected chi connectivity index (χ1v) is 10.1. The molecule has 2 heterocycles. The Kier molecular flexibility index (Phi) is 5.33. The van der Waals surface area contributed by atoms with Crippen LogP contribution in [0.2, 0.25) is 0 Å². The third kappa shape index (κ3) is 4.54. The summed E-state index contributed by atoms with van der Waals surface area (Å²) >= 11 is 0. The van der Waals surface area contributed by atoms with Gasteiger partial charge in [-0.1, -0.05) is 23.5 Å². The second kappa shape index (κ2) is 7.94. The van der Waals surface area contributed by atoms with Gasteiger partial charge in [-0.2, -0.15) is 0 Å². The van der Waals surface area contributed by atoms with Crippen molar-refractivity contribution in [3.8, 4) is 29.0 Å². The monoisotopic (exact) mass is 402 g/mol. The van der Waals surface area contributed by atoms with Crippen molar-refractivity contribution < 1.29 is 10.2 Å². The van der Waals surface area contributed by atoms with Crippen LogP contribution in [-0.2, 0) is 0 Å². The van der Waals surface area contributed by atoms with Gasteiger partial charge < -0.3 is 20.8 Å². The zero-order chi connectivity index (χ0) is 21.3. The van der Waals surface area contributed by atoms with Gasteiger partial charge in [-0.3, -0.25) is 0 Å². The number of benzene rings is 2. The van der Waals surface area contributed by atoms with Crippen LogP contribution in [0.25, 0.3) is 22.3 Å². The van der Waals surface area contributed by atoms with Gasteiger partial charge in [0.05, 0.1) is 11.1 Å². The Labute approximate surface area is 176 Å². The van der Waals surface area contributed by atoms with E-state index < -0.39 is 5.60 Å². The molecule has 0 unspecified atom stereocenters. The second-order valence-electron chi connectivity index (χ2n) is 8.29. The summed E-state index contributed by atoms with van der Waals surface area (Å²) in [5.74, 6) is 7.20. The highest BCUT2D eigenvalue weighted by Gasteiger charge is 2.18. The molecule has 0 aliphatic carbocycles. The minimum absolute atomic E-state index is 0.145. The largest absolute Gasteiger partial charge is 0.507 e. The van der Waals surface area contributed by atoms with Crippen LogP contribution in [0.5, 0.6) is 5.75 Å². The number of phenols is 1. The second-order valence-corrected chi connectivity index (χ2v) is 8.29. The maximum Gasteiger partial charge on any atom is 0.165 e. The average Bonchev–Trinajstić information content (AvgIpc) is 3.20. The molecule has 1 saturated heterocycles. The third-order valence-corrected chi connectivity index (χ3v) is 5.00. The molecule has 0 saturated carbocycles. The third-order valence-electron chi connectivity index (χ3n) is 5.00. The molecule has 6 nitrogen and oxygen atoms in total. The molecule has 0 amide bonds. The van der Waals surface area contributed by atoms with Gasteiger partial charge in [-0.25, -0.2) is 9.97 Å². The molecule has 1 atom stereocenters. The number of aromatic nitrogens is 2. The van der Waals surface area contributed by atoms with Crippen molar-refractivity contribution in [2.24, 2.45) is 0 Å². The lowest BCUT2D eigenvalue weighted by Crippen LogP contribution is -2.23. The Bertz CT molecular complexity index is 1150. The Hall–Kier alpha value is -3.14. The molecule has 1 aliphatic heterocycles. The van der Waals surface area contributed by atoms with Crippen LogP contribution in [-0.4, -0.2) is 44.9 Å². The molecule has 0 radical (unpaired) electrons. The number of phenolic OH excluding ortho intramolecular Hbond substituents is 1. The summed E-state index contributed by atoms with van der Waals surface area (Å²) in [7, 11) is 0. The molecule has 0 spiro atoms. The smallest absolute Gasteiger partial charge is 0.165 e. The number of anilines is 1. The van der Waals surface area contributed by atoms with E-state index in [1.165, 1.54) is 0 Å². The fourth-order valence-electron chi connectivity index (χ4n) is 3.46. The van der Waals surface area contributed by atoms with Crippen molar-refractivity contribution in [3.63, 3.8) is 0 Å². The quantitative estimate of drug-likeness (QED) is 0.503. The standard InChI is InChI=1S/C24H26N4O2/c1-15-4-7-21(29)19(12-15)23-27-20-13-16(8-10-24(2,3)30)5-6-18(20)22(28-23)26-17-9-11-25-14-17/h4-7,12-13,17,25,29-30H,9,11,14H2,1-3H3,(H,26,27,28)/t17-/m0/s1. The van der Waals surface area contributed by atoms with E-state index in [9.17, 15) is 10.2 Å². The molecule has 4 N–H and O–H groups in total. The van der Waals surface area contributed by atoms with Gasteiger partial charge >= 0.3 is 0 Å². The Morgan fingerprint density at radius 1 is 1.17 bits per heavy atom. The molecule has 1 fully saturated rings. The first-order valence-electron chi connectivity index (χ1n) is 10.1. The molecular formula is C24H26N4O2. The molecule has 30 heavy (non-hydrogen) atoms. The van der Waals surface area contributed by atoms with Crippen LogP contribution in [0.1, 0.15) is 31.4 Å². The summed E-state index contributed by atoms with van der Waals surface area (Å²) in [6, 6.07) is 11.4. The number of rotatable bonds is 3. The summed E-state index contributed by atoms with van der Waals surface area (Å²) in [4.78, 5) is 9.50. The topological polar surface area (TPSA) is 90.3 Å². The lowest BCUT2D eigenvalue weighted by molar-refractivity contribution is 0.143. The molecule has 6 heteroatoms. The van der Waals surface area contributed by atoms with Crippen LogP contribution in [0, 0.1) is 18.8 Å². The Morgan fingerprint density at radius 3 is 2.73 bits per heavy atom. The maximum absolute atomic E-state index is 10.4. The summed E-state index contributed by atoms with van der Waals surface area (Å²) in [6.07, 6.45) is 1.02. The summed E-state index contributed by atoms with van der Waals surface area (Å²) in [6.45, 7) is 7.13. The van der Waals surface area contributed by atoms with Crippen LogP contribution in [0.15, 0.2) is 36.4 Å². The number of aliphatic hydroxyl groups is 1. The van der Waals surface area contributed by atoms with Crippen molar-refractivity contribution in [1.82, 2.24) is 15.3 Å². The zero-order valence-electron chi connectivity index (χ0n) is 17.5. The van der Waals surface area contributed by atoms with Crippen LogP contribution < -0.4 is 10.6 Å². The maximum atomic E-state index is 10.4. The lowest BCUT2D eigenvalue weighted by atomic mass is 10.1. The first-order chi connectivity index (χ1) is 14.3. The first kappa shape index (κ1) is 20.1. The summed E-state index contributed by atoms with van der Waals surface area (Å²) in [5.41, 5.74) is 2.04. The van der Waals surface area contributed by atoms with Crippen molar-refractivity contribution in [2.75, 3.05) is 18.4 Å². The van der Waals surface area contributed by atoms with Gasteiger partial charge in [0.1, 0.15) is 17.2 Å². The van der Waals surface area contributed by atoms with E-state index in [4.69, 9.17) is 9.97 Å². The molecular weight excluding hydrogens is 376 g/mol. The fourth-order valence-corrected chi connectivity index (χ4v) is 3.46. The minimum atomic E-state index is -1.07. The molecule has 154 valence electrons. The summed E-state index contributed by atoms with van der Waals surface area (Å²) in [5, 5.41) is 28.1. The molecule has 3 aromatic rings. The zero-order valence-corrected chi connectivity index (χ0v) is 17.5. The van der Waals surface area contributed by atoms with Gasteiger partial charge in [-0.15, -0.1) is 0 Å². The number of aromatic hydroxyl groups is 1. The predicted molar refractivity (Wildman–Crippen MR) is 119 cm³/mol. The van der Waals surface area contributed by atoms with E-state index in [1.54, 1.807) is 19.9 Å². The van der Waals surface area contributed by atoms with E-state index in [1.807, 2.05) is 37.3 Å². The van der Waals surface area contributed by atoms with E-state index in [0.29, 0.717) is 11.4 Å². The SMILES string of the molecule is Cc1ccc(O)c(-c2nc(N[C@H]3CCNC3)c3ccc(C#CC(C)(C)O)cc3n2)c1. The van der Waals surface area contributed by atoms with E-state index in [2.05, 4.69) is 22.5 Å². The van der Waals surface area contributed by atoms with Crippen LogP contribution in [0.3, 0.4) is 0 Å². The van der Waals surface area contributed by atoms with Crippen LogP contribution >= 0.6 is 0 Å². The number of hydrogen-bond acceptors (Lipinski definition) is 6. The minimum Gasteiger partial charge on any atom is -0.507 e. The Balaban J connectivity index is 1.86. The van der Waals surface area contributed by atoms with Crippen molar-refractivity contribution in [3.05, 3.63) is 47.5 Å². The molecule has 4 rings (SSSR count). The highest BCUT2D eigenvalue weighted by molar-refractivity contribution is 5.92. The van der Waals surface area contributed by atoms with Crippen LogP contribution in [0.4, 0.5) is 5.82 Å². The molecule has 1 aromatic heterocycles. The number of hydrogen-bond donors (Lipinski definition) is 4. The van der Waals surface area contributed by atoms with Gasteiger partial charge in [-0.05, 0) is 64.1 Å². The number of aryl methyl sites for hydroxylation is 1. The van der Waals surface area contributed by atoms with E-state index in [0.717, 1.165) is 47.4 Å². The molecule has 0 bridgehead atoms. The van der Waals surface area contributed by atoms with Gasteiger partial charge in [0.25, 0.3) is 0 Å². The van der Waals surface area contributed by atoms with Crippen molar-refractivity contribution in [2.45, 2.75) is 38.8 Å². The normalized spacial score (nSPS) is 16.3.